The fraction of sp³-hybridized carbons (Fsp3) is 0.333. The third kappa shape index (κ3) is 5.14. The molecule has 1 fully saturated rings. The number of nitrogens with one attached hydrogen (secondary N) is 1. The van der Waals surface area contributed by atoms with E-state index in [4.69, 9.17) is 14.5 Å². The predicted octanol–water partition coefficient (Wildman–Crippen LogP) is 5.94. The van der Waals surface area contributed by atoms with Gasteiger partial charge in [-0.05, 0) is 74.7 Å². The van der Waals surface area contributed by atoms with Crippen molar-refractivity contribution in [3.8, 4) is 11.5 Å². The van der Waals surface area contributed by atoms with Crippen LogP contribution in [0.4, 0.5) is 11.4 Å². The Balaban J connectivity index is 1.53. The van der Waals surface area contributed by atoms with Gasteiger partial charge in [-0.3, -0.25) is 14.7 Å². The third-order valence-electron chi connectivity index (χ3n) is 6.68. The van der Waals surface area contributed by atoms with Crippen LogP contribution in [0.2, 0.25) is 0 Å². The standard InChI is InChI=1S/C30H33N3O3/c1-3-35-26-18-24-25(19-27(26)36-4-2)32-30(34)28(24)29(22-10-6-5-7-11-22)31-23-14-12-21(13-15-23)20-33-16-8-9-17-33/h5-7,10-15,18-19,28H,3-4,8-9,16-17,20H2,1-2H3,(H,32,34). The van der Waals surface area contributed by atoms with Crippen molar-refractivity contribution >= 4 is 23.0 Å². The van der Waals surface area contributed by atoms with Crippen LogP contribution in [-0.2, 0) is 11.3 Å². The van der Waals surface area contributed by atoms with Crippen LogP contribution < -0.4 is 14.8 Å². The molecule has 0 saturated carbocycles. The highest BCUT2D eigenvalue weighted by molar-refractivity contribution is 6.24. The number of carbonyl (C=O) groups is 1. The molecule has 1 unspecified atom stereocenters. The summed E-state index contributed by atoms with van der Waals surface area (Å²) in [5.41, 5.74) is 5.33. The zero-order valence-electron chi connectivity index (χ0n) is 21.0. The maximum Gasteiger partial charge on any atom is 0.238 e. The van der Waals surface area contributed by atoms with E-state index in [2.05, 4.69) is 22.3 Å². The van der Waals surface area contributed by atoms with Gasteiger partial charge in [0, 0.05) is 18.3 Å². The lowest BCUT2D eigenvalue weighted by atomic mass is 9.90. The number of aliphatic imine (C=N–C) groups is 1. The second-order valence-electron chi connectivity index (χ2n) is 9.19. The zero-order chi connectivity index (χ0) is 24.9. The average Bonchev–Trinajstić information content (AvgIpc) is 3.51. The summed E-state index contributed by atoms with van der Waals surface area (Å²) in [4.78, 5) is 20.9. The highest BCUT2D eigenvalue weighted by atomic mass is 16.5. The van der Waals surface area contributed by atoms with Crippen LogP contribution in [0.25, 0.3) is 0 Å². The first-order valence-corrected chi connectivity index (χ1v) is 12.9. The summed E-state index contributed by atoms with van der Waals surface area (Å²) in [6.45, 7) is 8.20. The average molecular weight is 484 g/mol. The van der Waals surface area contributed by atoms with Crippen molar-refractivity contribution < 1.29 is 14.3 Å². The molecule has 0 bridgehead atoms. The maximum atomic E-state index is 13.3. The highest BCUT2D eigenvalue weighted by Gasteiger charge is 2.37. The van der Waals surface area contributed by atoms with Crippen LogP contribution in [0.1, 0.15) is 49.3 Å². The Bertz CT molecular complexity index is 1230. The van der Waals surface area contributed by atoms with Gasteiger partial charge in [0.2, 0.25) is 5.91 Å². The predicted molar refractivity (Wildman–Crippen MR) is 144 cm³/mol. The van der Waals surface area contributed by atoms with Crippen LogP contribution in [0.5, 0.6) is 11.5 Å². The lowest BCUT2D eigenvalue weighted by Gasteiger charge is -2.17. The first-order valence-electron chi connectivity index (χ1n) is 12.9. The molecule has 5 rings (SSSR count). The molecule has 3 aromatic rings. The highest BCUT2D eigenvalue weighted by Crippen LogP contribution is 2.43. The second kappa shape index (κ2) is 11.0. The van der Waals surface area contributed by atoms with Crippen molar-refractivity contribution in [2.24, 2.45) is 4.99 Å². The molecule has 2 heterocycles. The molecule has 0 aliphatic carbocycles. The molecule has 1 atom stereocenters. The van der Waals surface area contributed by atoms with Crippen molar-refractivity contribution in [3.05, 3.63) is 83.4 Å². The summed E-state index contributed by atoms with van der Waals surface area (Å²) < 4.78 is 11.6. The molecule has 1 amide bonds. The summed E-state index contributed by atoms with van der Waals surface area (Å²) in [6, 6.07) is 22.1. The molecular weight excluding hydrogens is 450 g/mol. The van der Waals surface area contributed by atoms with Crippen molar-refractivity contribution in [3.63, 3.8) is 0 Å². The summed E-state index contributed by atoms with van der Waals surface area (Å²) >= 11 is 0. The minimum absolute atomic E-state index is 0.102. The number of rotatable bonds is 9. The molecule has 3 aromatic carbocycles. The number of nitrogens with zero attached hydrogens (tertiary/aromatic N) is 2. The molecule has 2 aliphatic heterocycles. The Labute approximate surface area is 213 Å². The number of benzene rings is 3. The van der Waals surface area contributed by atoms with Crippen molar-refractivity contribution in [1.29, 1.82) is 0 Å². The number of carbonyl (C=O) groups excluding carboxylic acids is 1. The molecule has 6 heteroatoms. The minimum Gasteiger partial charge on any atom is -0.490 e. The maximum absolute atomic E-state index is 13.3. The Morgan fingerprint density at radius 1 is 0.944 bits per heavy atom. The Morgan fingerprint density at radius 3 is 2.28 bits per heavy atom. The summed E-state index contributed by atoms with van der Waals surface area (Å²) in [7, 11) is 0. The molecule has 36 heavy (non-hydrogen) atoms. The fourth-order valence-electron chi connectivity index (χ4n) is 5.00. The van der Waals surface area contributed by atoms with Gasteiger partial charge >= 0.3 is 0 Å². The Morgan fingerprint density at radius 2 is 1.61 bits per heavy atom. The van der Waals surface area contributed by atoms with E-state index in [9.17, 15) is 4.79 Å². The first kappa shape index (κ1) is 24.1. The van der Waals surface area contributed by atoms with E-state index in [1.54, 1.807) is 0 Å². The van der Waals surface area contributed by atoms with Gasteiger partial charge in [0.25, 0.3) is 0 Å². The smallest absolute Gasteiger partial charge is 0.238 e. The summed E-state index contributed by atoms with van der Waals surface area (Å²) in [5, 5.41) is 3.04. The molecule has 186 valence electrons. The topological polar surface area (TPSA) is 63.2 Å². The second-order valence-corrected chi connectivity index (χ2v) is 9.19. The van der Waals surface area contributed by atoms with Gasteiger partial charge in [-0.1, -0.05) is 42.5 Å². The molecule has 0 radical (unpaired) electrons. The van der Waals surface area contributed by atoms with Crippen LogP contribution >= 0.6 is 0 Å². The van der Waals surface area contributed by atoms with E-state index in [1.165, 1.54) is 31.5 Å². The van der Waals surface area contributed by atoms with Crippen LogP contribution in [0, 0.1) is 0 Å². The fourth-order valence-corrected chi connectivity index (χ4v) is 5.00. The number of fused-ring (bicyclic) bond motifs is 1. The number of anilines is 1. The largest absolute Gasteiger partial charge is 0.490 e. The molecule has 0 aromatic heterocycles. The van der Waals surface area contributed by atoms with Gasteiger partial charge in [0.05, 0.1) is 24.6 Å². The van der Waals surface area contributed by atoms with Crippen LogP contribution in [0.15, 0.2) is 71.7 Å². The molecule has 0 spiro atoms. The molecule has 1 N–H and O–H groups in total. The van der Waals surface area contributed by atoms with Crippen LogP contribution in [-0.4, -0.2) is 42.8 Å². The minimum atomic E-state index is -0.554. The first-order chi connectivity index (χ1) is 17.7. The van der Waals surface area contributed by atoms with Crippen LogP contribution in [0.3, 0.4) is 0 Å². The summed E-state index contributed by atoms with van der Waals surface area (Å²) in [6.07, 6.45) is 2.57. The van der Waals surface area contributed by atoms with E-state index in [1.807, 2.05) is 68.4 Å². The van der Waals surface area contributed by atoms with Crippen molar-refractivity contribution in [1.82, 2.24) is 4.90 Å². The monoisotopic (exact) mass is 483 g/mol. The van der Waals surface area contributed by atoms with E-state index < -0.39 is 5.92 Å². The Hall–Kier alpha value is -3.64. The molecule has 2 aliphatic rings. The molecule has 1 saturated heterocycles. The third-order valence-corrected chi connectivity index (χ3v) is 6.68. The van der Waals surface area contributed by atoms with Gasteiger partial charge in [-0.25, -0.2) is 0 Å². The van der Waals surface area contributed by atoms with E-state index in [0.29, 0.717) is 30.4 Å². The number of hydrogen-bond acceptors (Lipinski definition) is 5. The van der Waals surface area contributed by atoms with Crippen molar-refractivity contribution in [2.75, 3.05) is 31.6 Å². The van der Waals surface area contributed by atoms with Gasteiger partial charge in [-0.2, -0.15) is 0 Å². The number of ether oxygens (including phenoxy) is 2. The number of amides is 1. The van der Waals surface area contributed by atoms with Crippen molar-refractivity contribution in [2.45, 2.75) is 39.2 Å². The molecule has 6 nitrogen and oxygen atoms in total. The van der Waals surface area contributed by atoms with Gasteiger partial charge < -0.3 is 14.8 Å². The van der Waals surface area contributed by atoms with E-state index >= 15 is 0 Å². The van der Waals surface area contributed by atoms with E-state index in [0.717, 1.165) is 29.0 Å². The van der Waals surface area contributed by atoms with E-state index in [-0.39, 0.29) is 5.91 Å². The lowest BCUT2D eigenvalue weighted by molar-refractivity contribution is -0.115. The quantitative estimate of drug-likeness (QED) is 0.383. The molecular formula is C30H33N3O3. The SMILES string of the molecule is CCOc1cc2c(cc1OCC)C(C(=Nc1ccc(CN3CCCC3)cc1)c1ccccc1)C(=O)N2. The van der Waals surface area contributed by atoms with Gasteiger partial charge in [-0.15, -0.1) is 0 Å². The Kier molecular flexibility index (Phi) is 7.33. The zero-order valence-corrected chi connectivity index (χ0v) is 21.0. The van der Waals surface area contributed by atoms with Gasteiger partial charge in [0.15, 0.2) is 11.5 Å². The normalized spacial score (nSPS) is 17.7. The lowest BCUT2D eigenvalue weighted by Crippen LogP contribution is -2.22. The number of hydrogen-bond donors (Lipinski definition) is 1. The number of likely N-dealkylation sites (tertiary alicyclic amines) is 1. The summed E-state index contributed by atoms with van der Waals surface area (Å²) in [5.74, 6) is 0.611. The van der Waals surface area contributed by atoms with Gasteiger partial charge in [0.1, 0.15) is 5.92 Å².